The van der Waals surface area contributed by atoms with E-state index in [9.17, 15) is 20.2 Å². The molecule has 0 aliphatic carbocycles. The molecule has 4 aromatic rings. The number of rotatable bonds is 7. The van der Waals surface area contributed by atoms with Crippen LogP contribution < -0.4 is 5.01 Å². The molecule has 0 saturated heterocycles. The molecule has 1 aliphatic rings. The minimum Gasteiger partial charge on any atom is -0.258 e. The van der Waals surface area contributed by atoms with Gasteiger partial charge in [-0.1, -0.05) is 12.1 Å². The van der Waals surface area contributed by atoms with Crippen LogP contribution in [0.25, 0.3) is 11.3 Å². The molecule has 0 radical (unpaired) electrons. The van der Waals surface area contributed by atoms with Crippen molar-refractivity contribution in [2.45, 2.75) is 17.4 Å². The first kappa shape index (κ1) is 23.6. The van der Waals surface area contributed by atoms with E-state index < -0.39 is 9.85 Å². The smallest absolute Gasteiger partial charge is 0.258 e. The van der Waals surface area contributed by atoms with Gasteiger partial charge in [-0.25, -0.2) is 9.99 Å². The maximum absolute atomic E-state index is 11.1. The second kappa shape index (κ2) is 9.88. The van der Waals surface area contributed by atoms with Gasteiger partial charge in [-0.15, -0.1) is 23.1 Å². The van der Waals surface area contributed by atoms with E-state index in [4.69, 9.17) is 10.1 Å². The largest absolute Gasteiger partial charge is 0.269 e. The van der Waals surface area contributed by atoms with E-state index in [0.29, 0.717) is 17.2 Å². The SMILES string of the molecule is CSc1ccc(C2CC(c3ccc([N+](=O)[O-])cc3)=NN2c2nc(-c3ccc([N+](=O)[O-])cc3)cs2)cc1. The monoisotopic (exact) mass is 517 g/mol. The molecule has 0 bridgehead atoms. The van der Waals surface area contributed by atoms with Crippen LogP contribution in [0.1, 0.15) is 23.6 Å². The summed E-state index contributed by atoms with van der Waals surface area (Å²) in [6.45, 7) is 0. The van der Waals surface area contributed by atoms with Gasteiger partial charge in [-0.3, -0.25) is 20.2 Å². The van der Waals surface area contributed by atoms with Crippen LogP contribution in [0.5, 0.6) is 0 Å². The van der Waals surface area contributed by atoms with Gasteiger partial charge in [0.1, 0.15) is 0 Å². The Morgan fingerprint density at radius 3 is 2.03 bits per heavy atom. The van der Waals surface area contributed by atoms with Crippen LogP contribution in [0.3, 0.4) is 0 Å². The van der Waals surface area contributed by atoms with Crippen LogP contribution in [0.2, 0.25) is 0 Å². The average Bonchev–Trinajstić information content (AvgIpc) is 3.57. The van der Waals surface area contributed by atoms with E-state index in [1.165, 1.54) is 35.6 Å². The number of hydrogen-bond acceptors (Lipinski definition) is 9. The number of benzene rings is 3. The Hall–Kier alpha value is -4.09. The predicted octanol–water partition coefficient (Wildman–Crippen LogP) is 6.70. The summed E-state index contributed by atoms with van der Waals surface area (Å²) in [5, 5.41) is 31.4. The van der Waals surface area contributed by atoms with Crippen LogP contribution in [-0.2, 0) is 0 Å². The molecule has 180 valence electrons. The van der Waals surface area contributed by atoms with Gasteiger partial charge in [0, 0.05) is 46.5 Å². The molecule has 1 aliphatic heterocycles. The van der Waals surface area contributed by atoms with Gasteiger partial charge in [-0.2, -0.15) is 5.10 Å². The van der Waals surface area contributed by atoms with Gasteiger partial charge in [0.2, 0.25) is 5.13 Å². The number of nitrogens with zero attached hydrogens (tertiary/aromatic N) is 5. The third-order valence-corrected chi connectivity index (χ3v) is 7.46. The van der Waals surface area contributed by atoms with Crippen molar-refractivity contribution in [3.05, 3.63) is 110 Å². The second-order valence-electron chi connectivity index (χ2n) is 8.01. The fourth-order valence-electron chi connectivity index (χ4n) is 3.98. The minimum atomic E-state index is -0.429. The first-order valence-corrected chi connectivity index (χ1v) is 13.0. The molecule has 2 heterocycles. The summed E-state index contributed by atoms with van der Waals surface area (Å²) in [4.78, 5) is 27.1. The lowest BCUT2D eigenvalue weighted by atomic mass is 9.98. The maximum atomic E-state index is 11.1. The van der Waals surface area contributed by atoms with Gasteiger partial charge >= 0.3 is 0 Å². The number of thioether (sulfide) groups is 1. The van der Waals surface area contributed by atoms with Crippen LogP contribution >= 0.6 is 23.1 Å². The molecule has 0 amide bonds. The van der Waals surface area contributed by atoms with Gasteiger partial charge in [0.05, 0.1) is 27.3 Å². The molecule has 1 unspecified atom stereocenters. The number of aromatic nitrogens is 1. The fourth-order valence-corrected chi connectivity index (χ4v) is 5.22. The van der Waals surface area contributed by atoms with Crippen molar-refractivity contribution in [2.24, 2.45) is 5.10 Å². The first-order valence-electron chi connectivity index (χ1n) is 10.9. The Kier molecular flexibility index (Phi) is 6.49. The lowest BCUT2D eigenvalue weighted by Gasteiger charge is -2.21. The number of thiazole rings is 1. The topological polar surface area (TPSA) is 115 Å². The molecule has 0 fully saturated rings. The van der Waals surface area contributed by atoms with Crippen LogP contribution in [0.15, 0.2) is 88.2 Å². The Morgan fingerprint density at radius 1 is 0.889 bits per heavy atom. The van der Waals surface area contributed by atoms with E-state index in [1.54, 1.807) is 36.0 Å². The summed E-state index contributed by atoms with van der Waals surface area (Å²) in [6.07, 6.45) is 2.64. The van der Waals surface area contributed by atoms with E-state index in [2.05, 4.69) is 24.3 Å². The normalized spacial score (nSPS) is 15.1. The fraction of sp³-hybridized carbons (Fsp3) is 0.120. The third kappa shape index (κ3) is 4.70. The molecular weight excluding hydrogens is 498 g/mol. The number of hydrazone groups is 1. The van der Waals surface area contributed by atoms with Crippen molar-refractivity contribution in [3.8, 4) is 11.3 Å². The summed E-state index contributed by atoms with van der Waals surface area (Å²) in [5.41, 5.74) is 4.27. The summed E-state index contributed by atoms with van der Waals surface area (Å²) in [7, 11) is 0. The number of nitro benzene ring substituents is 2. The molecule has 0 saturated carbocycles. The van der Waals surface area contributed by atoms with Gasteiger partial charge in [0.25, 0.3) is 11.4 Å². The molecule has 3 aromatic carbocycles. The van der Waals surface area contributed by atoms with E-state index in [-0.39, 0.29) is 17.4 Å². The Balaban J connectivity index is 1.49. The second-order valence-corrected chi connectivity index (χ2v) is 9.72. The highest BCUT2D eigenvalue weighted by Gasteiger charge is 2.32. The molecule has 0 spiro atoms. The first-order chi connectivity index (χ1) is 17.4. The van der Waals surface area contributed by atoms with Crippen molar-refractivity contribution in [1.82, 2.24) is 4.98 Å². The number of hydrogen-bond donors (Lipinski definition) is 0. The summed E-state index contributed by atoms with van der Waals surface area (Å²) < 4.78 is 0. The van der Waals surface area contributed by atoms with E-state index in [0.717, 1.165) is 27.3 Å². The summed E-state index contributed by atoms with van der Waals surface area (Å²) >= 11 is 3.11. The van der Waals surface area contributed by atoms with Crippen molar-refractivity contribution in [1.29, 1.82) is 0 Å². The molecular formula is C25H19N5O4S2. The molecule has 1 aromatic heterocycles. The highest BCUT2D eigenvalue weighted by Crippen LogP contribution is 2.40. The standard InChI is InChI=1S/C25H19N5O4S2/c1-35-21-12-6-18(7-13-21)24-14-22(16-2-8-19(9-3-16)29(31)32)27-28(24)25-26-23(15-36-25)17-4-10-20(11-5-17)30(33)34/h2-13,15,24H,14H2,1H3. The van der Waals surface area contributed by atoms with Crippen LogP contribution in [-0.4, -0.2) is 26.8 Å². The predicted molar refractivity (Wildman–Crippen MR) is 142 cm³/mol. The third-order valence-electron chi connectivity index (χ3n) is 5.88. The zero-order valence-corrected chi connectivity index (χ0v) is 20.6. The van der Waals surface area contributed by atoms with Crippen molar-refractivity contribution in [3.63, 3.8) is 0 Å². The lowest BCUT2D eigenvalue weighted by Crippen LogP contribution is -2.18. The zero-order chi connectivity index (χ0) is 25.2. The van der Waals surface area contributed by atoms with Crippen molar-refractivity contribution >= 4 is 45.3 Å². The molecule has 36 heavy (non-hydrogen) atoms. The van der Waals surface area contributed by atoms with Crippen molar-refractivity contribution in [2.75, 3.05) is 11.3 Å². The molecule has 5 rings (SSSR count). The minimum absolute atomic E-state index is 0.0276. The zero-order valence-electron chi connectivity index (χ0n) is 19.0. The average molecular weight is 518 g/mol. The van der Waals surface area contributed by atoms with Crippen LogP contribution in [0, 0.1) is 20.2 Å². The van der Waals surface area contributed by atoms with Crippen molar-refractivity contribution < 1.29 is 9.85 Å². The van der Waals surface area contributed by atoms with E-state index >= 15 is 0 Å². The Morgan fingerprint density at radius 2 is 1.47 bits per heavy atom. The Bertz CT molecular complexity index is 1450. The summed E-state index contributed by atoms with van der Waals surface area (Å²) in [5.74, 6) is 0. The number of non-ortho nitro benzene ring substituents is 2. The van der Waals surface area contributed by atoms with Gasteiger partial charge in [0.15, 0.2) is 0 Å². The Labute approximate surface area is 214 Å². The van der Waals surface area contributed by atoms with Crippen LogP contribution in [0.4, 0.5) is 16.5 Å². The van der Waals surface area contributed by atoms with E-state index in [1.807, 2.05) is 16.6 Å². The maximum Gasteiger partial charge on any atom is 0.269 e. The highest BCUT2D eigenvalue weighted by molar-refractivity contribution is 7.98. The molecule has 11 heteroatoms. The number of anilines is 1. The summed E-state index contributed by atoms with van der Waals surface area (Å²) in [6, 6.07) is 20.9. The molecule has 1 atom stereocenters. The van der Waals surface area contributed by atoms with Gasteiger partial charge in [-0.05, 0) is 53.8 Å². The molecule has 9 nitrogen and oxygen atoms in total. The molecule has 0 N–H and O–H groups in total. The van der Waals surface area contributed by atoms with Gasteiger partial charge < -0.3 is 0 Å². The quantitative estimate of drug-likeness (QED) is 0.152. The highest BCUT2D eigenvalue weighted by atomic mass is 32.2. The number of nitro groups is 2. The lowest BCUT2D eigenvalue weighted by molar-refractivity contribution is -0.385.